The second kappa shape index (κ2) is 9.54. The van der Waals surface area contributed by atoms with Crippen LogP contribution >= 0.6 is 11.8 Å². The van der Waals surface area contributed by atoms with Crippen molar-refractivity contribution >= 4 is 27.7 Å². The smallest absolute Gasteiger partial charge is 0.243 e. The summed E-state index contributed by atoms with van der Waals surface area (Å²) in [6.45, 7) is 1.62. The first-order chi connectivity index (χ1) is 14.5. The molecule has 5 nitrogen and oxygen atoms in total. The lowest BCUT2D eigenvalue weighted by Crippen LogP contribution is -2.41. The number of rotatable bonds is 7. The van der Waals surface area contributed by atoms with Crippen molar-refractivity contribution in [2.45, 2.75) is 41.9 Å². The molecule has 30 heavy (non-hydrogen) atoms. The molecule has 1 N–H and O–H groups in total. The molecule has 1 saturated heterocycles. The first-order valence-electron chi connectivity index (χ1n) is 10.6. The van der Waals surface area contributed by atoms with Crippen LogP contribution in [0.25, 0.3) is 0 Å². The first-order valence-corrected chi connectivity index (χ1v) is 13.0. The molecule has 0 bridgehead atoms. The highest BCUT2D eigenvalue weighted by Crippen LogP contribution is 2.27. The summed E-state index contributed by atoms with van der Waals surface area (Å²) in [6, 6.07) is 15.1. The fourth-order valence-electron chi connectivity index (χ4n) is 4.19. The molecule has 2 aromatic rings. The molecule has 1 fully saturated rings. The number of fused-ring (bicyclic) bond motifs is 1. The lowest BCUT2D eigenvalue weighted by atomic mass is 9.98. The van der Waals surface area contributed by atoms with Gasteiger partial charge >= 0.3 is 0 Å². The Morgan fingerprint density at radius 3 is 2.53 bits per heavy atom. The molecule has 2 aromatic carbocycles. The number of benzene rings is 2. The zero-order valence-electron chi connectivity index (χ0n) is 17.0. The van der Waals surface area contributed by atoms with E-state index < -0.39 is 10.0 Å². The second-order valence-electron chi connectivity index (χ2n) is 8.04. The topological polar surface area (TPSA) is 66.5 Å². The Balaban J connectivity index is 1.20. The van der Waals surface area contributed by atoms with Crippen LogP contribution in [0, 0.1) is 5.92 Å². The molecule has 1 amide bonds. The van der Waals surface area contributed by atoms with E-state index in [-0.39, 0.29) is 5.91 Å². The van der Waals surface area contributed by atoms with Gasteiger partial charge in [0.05, 0.1) is 10.6 Å². The van der Waals surface area contributed by atoms with Gasteiger partial charge < -0.3 is 5.32 Å². The van der Waals surface area contributed by atoms with Crippen molar-refractivity contribution in [3.8, 4) is 0 Å². The van der Waals surface area contributed by atoms with Crippen molar-refractivity contribution in [3.63, 3.8) is 0 Å². The van der Waals surface area contributed by atoms with Crippen LogP contribution in [0.5, 0.6) is 0 Å². The highest BCUT2D eigenvalue weighted by Gasteiger charge is 2.29. The van der Waals surface area contributed by atoms with Crippen LogP contribution in [0.1, 0.15) is 30.4 Å². The van der Waals surface area contributed by atoms with E-state index in [0.29, 0.717) is 36.2 Å². The van der Waals surface area contributed by atoms with E-state index in [9.17, 15) is 13.2 Å². The monoisotopic (exact) mass is 444 g/mol. The van der Waals surface area contributed by atoms with Crippen LogP contribution in [-0.4, -0.2) is 44.0 Å². The Kier molecular flexibility index (Phi) is 6.80. The van der Waals surface area contributed by atoms with Crippen molar-refractivity contribution in [1.82, 2.24) is 9.62 Å². The molecule has 0 atom stereocenters. The molecule has 1 aliphatic heterocycles. The Bertz CT molecular complexity index is 985. The number of carbonyl (C=O) groups is 1. The van der Waals surface area contributed by atoms with E-state index in [1.54, 1.807) is 40.3 Å². The third-order valence-corrected chi connectivity index (χ3v) is 8.89. The number of thioether (sulfide) groups is 1. The SMILES string of the molecule is O=C(CSc1ccc2c(c1)CCC2)NCC1CCN(S(=O)(=O)c2ccccc2)CC1. The molecule has 2 aliphatic rings. The van der Waals surface area contributed by atoms with Crippen LogP contribution in [0.4, 0.5) is 0 Å². The van der Waals surface area contributed by atoms with Gasteiger partial charge in [0.15, 0.2) is 0 Å². The van der Waals surface area contributed by atoms with Crippen molar-refractivity contribution in [2.75, 3.05) is 25.4 Å². The summed E-state index contributed by atoms with van der Waals surface area (Å²) in [7, 11) is -3.42. The molecule has 0 saturated carbocycles. The molecule has 160 valence electrons. The van der Waals surface area contributed by atoms with E-state index >= 15 is 0 Å². The molecule has 0 radical (unpaired) electrons. The average Bonchev–Trinajstić information content (AvgIpc) is 3.25. The van der Waals surface area contributed by atoms with E-state index in [4.69, 9.17) is 0 Å². The van der Waals surface area contributed by atoms with Gasteiger partial charge in [-0.1, -0.05) is 24.3 Å². The second-order valence-corrected chi connectivity index (χ2v) is 11.0. The molecule has 0 aromatic heterocycles. The summed E-state index contributed by atoms with van der Waals surface area (Å²) in [5.74, 6) is 0.779. The predicted octanol–water partition coefficient (Wildman–Crippen LogP) is 3.48. The van der Waals surface area contributed by atoms with Gasteiger partial charge in [-0.3, -0.25) is 4.79 Å². The number of aryl methyl sites for hydroxylation is 2. The van der Waals surface area contributed by atoms with Crippen LogP contribution < -0.4 is 5.32 Å². The molecule has 0 unspecified atom stereocenters. The summed E-state index contributed by atoms with van der Waals surface area (Å²) in [6.07, 6.45) is 5.09. The Labute approximate surface area is 183 Å². The summed E-state index contributed by atoms with van der Waals surface area (Å²) in [5, 5.41) is 3.03. The number of nitrogens with one attached hydrogen (secondary N) is 1. The number of carbonyl (C=O) groups excluding carboxylic acids is 1. The minimum atomic E-state index is -3.42. The zero-order chi connectivity index (χ0) is 21.0. The predicted molar refractivity (Wildman–Crippen MR) is 120 cm³/mol. The summed E-state index contributed by atoms with van der Waals surface area (Å²) >= 11 is 1.58. The van der Waals surface area contributed by atoms with Gasteiger partial charge in [0.25, 0.3) is 0 Å². The van der Waals surface area contributed by atoms with E-state index in [2.05, 4.69) is 23.5 Å². The number of nitrogens with zero attached hydrogens (tertiary/aromatic N) is 1. The normalized spacial score (nSPS) is 17.6. The standard InChI is InChI=1S/C23H28N2O3S2/c26-23(17-29-21-10-9-19-5-4-6-20(19)15-21)24-16-18-11-13-25(14-12-18)30(27,28)22-7-2-1-3-8-22/h1-3,7-10,15,18H,4-6,11-14,16-17H2,(H,24,26). The highest BCUT2D eigenvalue weighted by atomic mass is 32.2. The maximum absolute atomic E-state index is 12.7. The quantitative estimate of drug-likeness (QED) is 0.664. The Morgan fingerprint density at radius 2 is 1.77 bits per heavy atom. The fourth-order valence-corrected chi connectivity index (χ4v) is 6.47. The van der Waals surface area contributed by atoms with E-state index in [1.807, 2.05) is 6.07 Å². The number of sulfonamides is 1. The number of amides is 1. The van der Waals surface area contributed by atoms with E-state index in [1.165, 1.54) is 24.0 Å². The lowest BCUT2D eigenvalue weighted by Gasteiger charge is -2.31. The molecule has 1 heterocycles. The fraction of sp³-hybridized carbons (Fsp3) is 0.435. The van der Waals surface area contributed by atoms with Crippen molar-refractivity contribution in [2.24, 2.45) is 5.92 Å². The van der Waals surface area contributed by atoms with Gasteiger partial charge in [0, 0.05) is 24.5 Å². The molecule has 0 spiro atoms. The number of hydrogen-bond donors (Lipinski definition) is 1. The van der Waals surface area contributed by atoms with Crippen LogP contribution in [-0.2, 0) is 27.7 Å². The van der Waals surface area contributed by atoms with Crippen LogP contribution in [0.3, 0.4) is 0 Å². The maximum atomic E-state index is 12.7. The molecule has 1 aliphatic carbocycles. The van der Waals surface area contributed by atoms with Crippen molar-refractivity contribution in [3.05, 3.63) is 59.7 Å². The minimum absolute atomic E-state index is 0.0415. The average molecular weight is 445 g/mol. The van der Waals surface area contributed by atoms with Gasteiger partial charge in [0.2, 0.25) is 15.9 Å². The Hall–Kier alpha value is -1.83. The first kappa shape index (κ1) is 21.4. The number of hydrogen-bond acceptors (Lipinski definition) is 4. The Morgan fingerprint density at radius 1 is 1.03 bits per heavy atom. The third-order valence-electron chi connectivity index (χ3n) is 5.98. The minimum Gasteiger partial charge on any atom is -0.355 e. The summed E-state index contributed by atoms with van der Waals surface area (Å²) in [4.78, 5) is 13.8. The zero-order valence-corrected chi connectivity index (χ0v) is 18.7. The van der Waals surface area contributed by atoms with Gasteiger partial charge in [-0.15, -0.1) is 11.8 Å². The van der Waals surface area contributed by atoms with Crippen LogP contribution in [0.2, 0.25) is 0 Å². The molecule has 7 heteroatoms. The third kappa shape index (κ3) is 5.07. The summed E-state index contributed by atoms with van der Waals surface area (Å²) in [5.41, 5.74) is 2.88. The van der Waals surface area contributed by atoms with Gasteiger partial charge in [-0.25, -0.2) is 8.42 Å². The molecular formula is C23H28N2O3S2. The lowest BCUT2D eigenvalue weighted by molar-refractivity contribution is -0.118. The highest BCUT2D eigenvalue weighted by molar-refractivity contribution is 8.00. The molecule has 4 rings (SSSR count). The van der Waals surface area contributed by atoms with E-state index in [0.717, 1.165) is 24.2 Å². The summed E-state index contributed by atoms with van der Waals surface area (Å²) < 4.78 is 27.0. The van der Waals surface area contributed by atoms with Crippen molar-refractivity contribution in [1.29, 1.82) is 0 Å². The van der Waals surface area contributed by atoms with Gasteiger partial charge in [0.1, 0.15) is 0 Å². The van der Waals surface area contributed by atoms with Crippen LogP contribution in [0.15, 0.2) is 58.3 Å². The number of piperidine rings is 1. The molecular weight excluding hydrogens is 416 g/mol. The maximum Gasteiger partial charge on any atom is 0.243 e. The van der Waals surface area contributed by atoms with Gasteiger partial charge in [-0.05, 0) is 73.4 Å². The van der Waals surface area contributed by atoms with Gasteiger partial charge in [-0.2, -0.15) is 4.31 Å². The van der Waals surface area contributed by atoms with Crippen molar-refractivity contribution < 1.29 is 13.2 Å². The largest absolute Gasteiger partial charge is 0.355 e.